The van der Waals surface area contributed by atoms with Crippen LogP contribution in [-0.4, -0.2) is 34.4 Å². The van der Waals surface area contributed by atoms with Crippen molar-refractivity contribution in [1.29, 1.82) is 0 Å². The molecule has 180 valence electrons. The molecule has 0 unspecified atom stereocenters. The molecular weight excluding hydrogens is 487 g/mol. The van der Waals surface area contributed by atoms with Crippen LogP contribution in [0.5, 0.6) is 11.8 Å². The van der Waals surface area contributed by atoms with Gasteiger partial charge in [-0.05, 0) is 60.5 Å². The molecule has 7 nitrogen and oxygen atoms in total. The van der Waals surface area contributed by atoms with E-state index in [2.05, 4.69) is 29.2 Å². The van der Waals surface area contributed by atoms with Gasteiger partial charge in [0, 0.05) is 11.3 Å². The van der Waals surface area contributed by atoms with E-state index in [4.69, 9.17) is 32.7 Å². The Hall–Kier alpha value is -3.55. The molecule has 9 heteroatoms. The fourth-order valence-electron chi connectivity index (χ4n) is 3.31. The first-order valence-corrected chi connectivity index (χ1v) is 11.7. The minimum atomic E-state index is -0.267. The van der Waals surface area contributed by atoms with Crippen LogP contribution in [0.4, 0.5) is 5.69 Å². The molecule has 1 amide bonds. The van der Waals surface area contributed by atoms with Gasteiger partial charge < -0.3 is 14.8 Å². The number of halogens is 2. The predicted octanol–water partition coefficient (Wildman–Crippen LogP) is 6.54. The first kappa shape index (κ1) is 24.6. The summed E-state index contributed by atoms with van der Waals surface area (Å²) < 4.78 is 12.7. The Balaban J connectivity index is 1.63. The van der Waals surface area contributed by atoms with Crippen molar-refractivity contribution in [3.63, 3.8) is 0 Å². The highest BCUT2D eigenvalue weighted by Gasteiger charge is 2.17. The van der Waals surface area contributed by atoms with Crippen LogP contribution in [0.25, 0.3) is 17.1 Å². The summed E-state index contributed by atoms with van der Waals surface area (Å²) >= 11 is 12.3. The standard InChI is InChI=1S/C26H24Cl2N4O3/c1-16(2)15-35-26-30-24(17-8-13-21(27)22(28)14-17)32(31-26)19-11-9-18(10-12-19)29-25(33)20-6-4-5-7-23(20)34-3/h4-14,16H,15H2,1-3H3,(H,29,33). The van der Waals surface area contributed by atoms with Gasteiger partial charge in [0.2, 0.25) is 0 Å². The predicted molar refractivity (Wildman–Crippen MR) is 138 cm³/mol. The number of carbonyl (C=O) groups excluding carboxylic acids is 1. The second-order valence-electron chi connectivity index (χ2n) is 8.16. The van der Waals surface area contributed by atoms with Crippen LogP contribution in [0.15, 0.2) is 66.7 Å². The number of carbonyl (C=O) groups is 1. The summed E-state index contributed by atoms with van der Waals surface area (Å²) in [7, 11) is 1.53. The highest BCUT2D eigenvalue weighted by atomic mass is 35.5. The Morgan fingerprint density at radius 2 is 1.77 bits per heavy atom. The van der Waals surface area contributed by atoms with Crippen LogP contribution >= 0.6 is 23.2 Å². The summed E-state index contributed by atoms with van der Waals surface area (Å²) in [5, 5.41) is 8.30. The Bertz CT molecular complexity index is 1340. The van der Waals surface area contributed by atoms with Crippen molar-refractivity contribution < 1.29 is 14.3 Å². The van der Waals surface area contributed by atoms with E-state index in [0.717, 1.165) is 11.3 Å². The van der Waals surface area contributed by atoms with Crippen molar-refractivity contribution in [2.75, 3.05) is 19.0 Å². The lowest BCUT2D eigenvalue weighted by molar-refractivity contribution is 0.102. The summed E-state index contributed by atoms with van der Waals surface area (Å²) in [5.41, 5.74) is 2.54. The largest absolute Gasteiger partial charge is 0.496 e. The summed E-state index contributed by atoms with van der Waals surface area (Å²) in [6.45, 7) is 4.59. The number of aromatic nitrogens is 3. The molecule has 0 saturated carbocycles. The molecule has 1 aromatic heterocycles. The molecule has 0 aliphatic carbocycles. The van der Waals surface area contributed by atoms with Gasteiger partial charge in [-0.1, -0.05) is 49.2 Å². The number of anilines is 1. The molecule has 0 saturated heterocycles. The van der Waals surface area contributed by atoms with E-state index in [1.165, 1.54) is 7.11 Å². The van der Waals surface area contributed by atoms with Crippen molar-refractivity contribution in [2.45, 2.75) is 13.8 Å². The second kappa shape index (κ2) is 10.8. The lowest BCUT2D eigenvalue weighted by Gasteiger charge is -2.10. The first-order valence-electron chi connectivity index (χ1n) is 11.0. The van der Waals surface area contributed by atoms with Crippen LogP contribution in [0.1, 0.15) is 24.2 Å². The van der Waals surface area contributed by atoms with Crippen molar-refractivity contribution in [3.05, 3.63) is 82.3 Å². The average Bonchev–Trinajstić information content (AvgIpc) is 3.29. The van der Waals surface area contributed by atoms with E-state index in [9.17, 15) is 4.79 Å². The molecule has 0 bridgehead atoms. The number of nitrogens with zero attached hydrogens (tertiary/aromatic N) is 3. The SMILES string of the molecule is COc1ccccc1C(=O)Nc1ccc(-n2nc(OCC(C)C)nc2-c2ccc(Cl)c(Cl)c2)cc1. The van der Waals surface area contributed by atoms with Gasteiger partial charge in [0.15, 0.2) is 5.82 Å². The number of rotatable bonds is 8. The highest BCUT2D eigenvalue weighted by Crippen LogP contribution is 2.30. The second-order valence-corrected chi connectivity index (χ2v) is 8.98. The number of hydrogen-bond acceptors (Lipinski definition) is 5. The van der Waals surface area contributed by atoms with Gasteiger partial charge in [0.1, 0.15) is 5.75 Å². The zero-order chi connectivity index (χ0) is 24.9. The molecular formula is C26H24Cl2N4O3. The molecule has 0 fully saturated rings. The zero-order valence-electron chi connectivity index (χ0n) is 19.5. The van der Waals surface area contributed by atoms with E-state index in [0.29, 0.717) is 45.4 Å². The minimum Gasteiger partial charge on any atom is -0.496 e. The number of nitrogens with one attached hydrogen (secondary N) is 1. The number of amides is 1. The molecule has 3 aromatic carbocycles. The van der Waals surface area contributed by atoms with Gasteiger partial charge >= 0.3 is 6.01 Å². The number of methoxy groups -OCH3 is 1. The third kappa shape index (κ3) is 5.75. The first-order chi connectivity index (χ1) is 16.9. The summed E-state index contributed by atoms with van der Waals surface area (Å²) in [5.74, 6) is 1.11. The molecule has 4 rings (SSSR count). The maximum absolute atomic E-state index is 12.7. The number of benzene rings is 3. The molecule has 35 heavy (non-hydrogen) atoms. The average molecular weight is 511 g/mol. The molecule has 0 atom stereocenters. The Morgan fingerprint density at radius 1 is 1.03 bits per heavy atom. The molecule has 4 aromatic rings. The molecule has 0 aliphatic heterocycles. The monoisotopic (exact) mass is 510 g/mol. The Kier molecular flexibility index (Phi) is 7.58. The van der Waals surface area contributed by atoms with Crippen LogP contribution in [-0.2, 0) is 0 Å². The minimum absolute atomic E-state index is 0.258. The fraction of sp³-hybridized carbons (Fsp3) is 0.192. The van der Waals surface area contributed by atoms with E-state index >= 15 is 0 Å². The maximum Gasteiger partial charge on any atom is 0.336 e. The highest BCUT2D eigenvalue weighted by molar-refractivity contribution is 6.42. The lowest BCUT2D eigenvalue weighted by Crippen LogP contribution is -2.13. The quantitative estimate of drug-likeness (QED) is 0.291. The van der Waals surface area contributed by atoms with E-state index in [1.807, 2.05) is 24.3 Å². The summed E-state index contributed by atoms with van der Waals surface area (Å²) in [6.07, 6.45) is 0. The van der Waals surface area contributed by atoms with Crippen LogP contribution in [0.3, 0.4) is 0 Å². The summed E-state index contributed by atoms with van der Waals surface area (Å²) in [4.78, 5) is 17.3. The van der Waals surface area contributed by atoms with Crippen molar-refractivity contribution in [2.24, 2.45) is 5.92 Å². The molecule has 0 aliphatic rings. The van der Waals surface area contributed by atoms with Crippen LogP contribution in [0, 0.1) is 5.92 Å². The third-order valence-corrected chi connectivity index (χ3v) is 5.77. The van der Waals surface area contributed by atoms with E-state index in [1.54, 1.807) is 47.1 Å². The van der Waals surface area contributed by atoms with Crippen LogP contribution < -0.4 is 14.8 Å². The normalized spacial score (nSPS) is 10.9. The smallest absolute Gasteiger partial charge is 0.336 e. The third-order valence-electron chi connectivity index (χ3n) is 5.03. The maximum atomic E-state index is 12.7. The number of hydrogen-bond donors (Lipinski definition) is 1. The van der Waals surface area contributed by atoms with Gasteiger partial charge in [-0.15, -0.1) is 5.10 Å². The zero-order valence-corrected chi connectivity index (χ0v) is 21.0. The Morgan fingerprint density at radius 3 is 2.46 bits per heavy atom. The van der Waals surface area contributed by atoms with Gasteiger partial charge in [-0.3, -0.25) is 4.79 Å². The molecule has 1 N–H and O–H groups in total. The van der Waals surface area contributed by atoms with Crippen LogP contribution in [0.2, 0.25) is 10.0 Å². The topological polar surface area (TPSA) is 78.3 Å². The van der Waals surface area contributed by atoms with Gasteiger partial charge in [-0.25, -0.2) is 4.68 Å². The fourth-order valence-corrected chi connectivity index (χ4v) is 3.61. The number of para-hydroxylation sites is 1. The molecule has 0 radical (unpaired) electrons. The van der Waals surface area contributed by atoms with Crippen molar-refractivity contribution >= 4 is 34.8 Å². The number of ether oxygens (including phenoxy) is 2. The van der Waals surface area contributed by atoms with Gasteiger partial charge in [-0.2, -0.15) is 4.98 Å². The van der Waals surface area contributed by atoms with E-state index in [-0.39, 0.29) is 11.9 Å². The van der Waals surface area contributed by atoms with Gasteiger partial charge in [0.25, 0.3) is 5.91 Å². The molecule has 1 heterocycles. The Labute approximate surface area is 213 Å². The van der Waals surface area contributed by atoms with Gasteiger partial charge in [0.05, 0.1) is 35.0 Å². The molecule has 0 spiro atoms. The summed E-state index contributed by atoms with van der Waals surface area (Å²) in [6, 6.07) is 19.8. The van der Waals surface area contributed by atoms with Crippen molar-refractivity contribution in [1.82, 2.24) is 14.8 Å². The van der Waals surface area contributed by atoms with E-state index < -0.39 is 0 Å². The lowest BCUT2D eigenvalue weighted by atomic mass is 10.1. The van der Waals surface area contributed by atoms with Crippen molar-refractivity contribution in [3.8, 4) is 28.8 Å².